The highest BCUT2D eigenvalue weighted by Gasteiger charge is 2.31. The summed E-state index contributed by atoms with van der Waals surface area (Å²) in [6.07, 6.45) is -2.05. The van der Waals surface area contributed by atoms with E-state index in [-0.39, 0.29) is 30.2 Å². The Morgan fingerprint density at radius 2 is 1.88 bits per heavy atom. The number of furan rings is 1. The molecule has 0 bridgehead atoms. The van der Waals surface area contributed by atoms with Gasteiger partial charge in [0.15, 0.2) is 5.76 Å². The molecule has 4 N–H and O–H groups in total. The van der Waals surface area contributed by atoms with Crippen molar-refractivity contribution in [3.63, 3.8) is 0 Å². The molecule has 9 nitrogen and oxygen atoms in total. The normalized spacial score (nSPS) is 12.0. The third-order valence-electron chi connectivity index (χ3n) is 4.78. The first-order valence-corrected chi connectivity index (χ1v) is 10.6. The summed E-state index contributed by atoms with van der Waals surface area (Å²) in [5.74, 6) is -2.88. The molecule has 0 aliphatic heterocycles. The Balaban J connectivity index is 1.92. The van der Waals surface area contributed by atoms with Crippen molar-refractivity contribution in [3.05, 3.63) is 42.2 Å². The van der Waals surface area contributed by atoms with E-state index in [9.17, 15) is 27.6 Å². The van der Waals surface area contributed by atoms with Gasteiger partial charge in [-0.25, -0.2) is 5.48 Å². The van der Waals surface area contributed by atoms with Gasteiger partial charge in [0, 0.05) is 17.9 Å². The fourth-order valence-corrected chi connectivity index (χ4v) is 3.14. The number of hydrogen-bond donors (Lipinski definition) is 4. The molecule has 1 aromatic carbocycles. The van der Waals surface area contributed by atoms with Gasteiger partial charge in [0.25, 0.3) is 5.91 Å². The third kappa shape index (κ3) is 8.77. The summed E-state index contributed by atoms with van der Waals surface area (Å²) in [4.78, 5) is 36.1. The number of carbonyl (C=O) groups is 3. The highest BCUT2D eigenvalue weighted by molar-refractivity contribution is 5.92. The minimum atomic E-state index is -4.84. The first kappa shape index (κ1) is 26.7. The number of hydrogen-bond acceptors (Lipinski definition) is 6. The van der Waals surface area contributed by atoms with Gasteiger partial charge in [-0.3, -0.25) is 19.6 Å². The van der Waals surface area contributed by atoms with Crippen molar-refractivity contribution in [2.75, 3.05) is 6.67 Å². The molecule has 0 aliphatic rings. The van der Waals surface area contributed by atoms with Crippen LogP contribution in [0.5, 0.6) is 5.75 Å². The number of benzene rings is 1. The number of halogens is 3. The average molecular weight is 485 g/mol. The Kier molecular flexibility index (Phi) is 9.92. The van der Waals surface area contributed by atoms with Crippen LogP contribution in [-0.2, 0) is 9.59 Å². The van der Waals surface area contributed by atoms with E-state index in [1.54, 1.807) is 0 Å². The molecule has 0 fully saturated rings. The van der Waals surface area contributed by atoms with E-state index >= 15 is 0 Å². The molecule has 2 rings (SSSR count). The molecule has 186 valence electrons. The van der Waals surface area contributed by atoms with Gasteiger partial charge in [0.1, 0.15) is 11.5 Å². The highest BCUT2D eigenvalue weighted by atomic mass is 19.4. The number of hydroxylamine groups is 1. The summed E-state index contributed by atoms with van der Waals surface area (Å²) in [6, 6.07) is 7.85. The second-order valence-electron chi connectivity index (χ2n) is 7.40. The van der Waals surface area contributed by atoms with E-state index in [4.69, 9.17) is 9.62 Å². The highest BCUT2D eigenvalue weighted by Crippen LogP contribution is 2.29. The summed E-state index contributed by atoms with van der Waals surface area (Å²) in [7, 11) is 0. The lowest BCUT2D eigenvalue weighted by Gasteiger charge is -2.16. The first-order chi connectivity index (χ1) is 16.1. The van der Waals surface area contributed by atoms with Gasteiger partial charge in [0.05, 0.1) is 6.67 Å². The average Bonchev–Trinajstić information content (AvgIpc) is 3.28. The van der Waals surface area contributed by atoms with Crippen LogP contribution < -0.4 is 20.9 Å². The van der Waals surface area contributed by atoms with Gasteiger partial charge in [-0.1, -0.05) is 38.3 Å². The predicted octanol–water partition coefficient (Wildman–Crippen LogP) is 3.74. The third-order valence-corrected chi connectivity index (χ3v) is 4.78. The molecule has 0 spiro atoms. The monoisotopic (exact) mass is 485 g/mol. The minimum absolute atomic E-state index is 0.120. The van der Waals surface area contributed by atoms with Crippen molar-refractivity contribution in [1.82, 2.24) is 16.1 Å². The summed E-state index contributed by atoms with van der Waals surface area (Å²) in [5.41, 5.74) is 1.77. The van der Waals surface area contributed by atoms with Gasteiger partial charge < -0.3 is 19.8 Å². The zero-order valence-corrected chi connectivity index (χ0v) is 18.4. The van der Waals surface area contributed by atoms with E-state index < -0.39 is 35.8 Å². The van der Waals surface area contributed by atoms with Gasteiger partial charge in [0.2, 0.25) is 11.8 Å². The lowest BCUT2D eigenvalue weighted by atomic mass is 9.96. The molecule has 0 aliphatic carbocycles. The molecule has 2 aromatic rings. The molecule has 3 amide bonds. The van der Waals surface area contributed by atoms with Crippen molar-refractivity contribution in [2.24, 2.45) is 5.92 Å². The fourth-order valence-electron chi connectivity index (χ4n) is 3.14. The van der Waals surface area contributed by atoms with Gasteiger partial charge >= 0.3 is 6.36 Å². The maximum atomic E-state index is 12.4. The lowest BCUT2D eigenvalue weighted by molar-refractivity contribution is -0.274. The van der Waals surface area contributed by atoms with Crippen LogP contribution in [0, 0.1) is 5.92 Å². The maximum Gasteiger partial charge on any atom is 0.573 e. The van der Waals surface area contributed by atoms with Crippen LogP contribution in [0.2, 0.25) is 0 Å². The van der Waals surface area contributed by atoms with E-state index in [0.29, 0.717) is 6.42 Å². The van der Waals surface area contributed by atoms with Crippen molar-refractivity contribution in [1.29, 1.82) is 0 Å². The number of unbranched alkanes of at least 4 members (excludes halogenated alkanes) is 2. The summed E-state index contributed by atoms with van der Waals surface area (Å²) in [6.45, 7) is 1.76. The first-order valence-electron chi connectivity index (χ1n) is 10.6. The zero-order valence-electron chi connectivity index (χ0n) is 18.4. The van der Waals surface area contributed by atoms with Crippen LogP contribution in [0.1, 0.15) is 49.6 Å². The molecule has 0 saturated heterocycles. The molecule has 0 radical (unpaired) electrons. The SMILES string of the molecule is CCCCC[C@H](CC(=O)NO)C(=O)NCNC(=O)c1ccc(-c2cccc(OC(F)(F)F)c2)o1. The number of carbonyl (C=O) groups excluding carboxylic acids is 3. The molecular formula is C22H26F3N3O6. The largest absolute Gasteiger partial charge is 0.573 e. The summed E-state index contributed by atoms with van der Waals surface area (Å²) >= 11 is 0. The Morgan fingerprint density at radius 1 is 1.12 bits per heavy atom. The Morgan fingerprint density at radius 3 is 2.56 bits per heavy atom. The maximum absolute atomic E-state index is 12.4. The van der Waals surface area contributed by atoms with Crippen LogP contribution in [-0.4, -0.2) is 36.0 Å². The van der Waals surface area contributed by atoms with Crippen molar-refractivity contribution < 1.29 is 41.9 Å². The van der Waals surface area contributed by atoms with E-state index in [2.05, 4.69) is 15.4 Å². The number of rotatable bonds is 12. The predicted molar refractivity (Wildman–Crippen MR) is 113 cm³/mol. The Labute approximate surface area is 193 Å². The second kappa shape index (κ2) is 12.6. The minimum Gasteiger partial charge on any atom is -0.451 e. The number of amides is 3. The number of nitrogens with one attached hydrogen (secondary N) is 3. The smallest absolute Gasteiger partial charge is 0.451 e. The van der Waals surface area contributed by atoms with Crippen LogP contribution in [0.4, 0.5) is 13.2 Å². The summed E-state index contributed by atoms with van der Waals surface area (Å²) in [5, 5.41) is 13.7. The van der Waals surface area contributed by atoms with E-state index in [0.717, 1.165) is 31.4 Å². The molecule has 1 heterocycles. The van der Waals surface area contributed by atoms with Gasteiger partial charge in [-0.15, -0.1) is 13.2 Å². The Bertz CT molecular complexity index is 977. The molecule has 12 heteroatoms. The number of ether oxygens (including phenoxy) is 1. The topological polar surface area (TPSA) is 130 Å². The standard InChI is InChI=1S/C22H26F3N3O6/c1-2-3-4-6-15(12-19(29)28-32)20(30)26-13-27-21(31)18-10-9-17(33-18)14-7-5-8-16(11-14)34-22(23,24)25/h5,7-11,15,32H,2-4,6,12-13H2,1H3,(H,26,30)(H,27,31)(H,28,29)/t15-/m1/s1. The van der Waals surface area contributed by atoms with Crippen molar-refractivity contribution >= 4 is 17.7 Å². The van der Waals surface area contributed by atoms with Gasteiger partial charge in [-0.05, 0) is 30.7 Å². The molecule has 0 unspecified atom stereocenters. The summed E-state index contributed by atoms with van der Waals surface area (Å²) < 4.78 is 46.5. The van der Waals surface area contributed by atoms with E-state index in [1.807, 2.05) is 6.92 Å². The second-order valence-corrected chi connectivity index (χ2v) is 7.40. The van der Waals surface area contributed by atoms with Crippen LogP contribution in [0.3, 0.4) is 0 Å². The molecule has 34 heavy (non-hydrogen) atoms. The molecule has 1 aromatic heterocycles. The van der Waals surface area contributed by atoms with Gasteiger partial charge in [-0.2, -0.15) is 0 Å². The van der Waals surface area contributed by atoms with Crippen LogP contribution in [0.25, 0.3) is 11.3 Å². The lowest BCUT2D eigenvalue weighted by Crippen LogP contribution is -2.41. The quantitative estimate of drug-likeness (QED) is 0.157. The number of alkyl halides is 3. The Hall–Kier alpha value is -3.54. The molecular weight excluding hydrogens is 459 g/mol. The molecule has 1 atom stereocenters. The fraction of sp³-hybridized carbons (Fsp3) is 0.409. The zero-order chi connectivity index (χ0) is 25.1. The molecule has 0 saturated carbocycles. The van der Waals surface area contributed by atoms with Crippen molar-refractivity contribution in [2.45, 2.75) is 45.4 Å². The van der Waals surface area contributed by atoms with Crippen LogP contribution >= 0.6 is 0 Å². The van der Waals surface area contributed by atoms with Crippen molar-refractivity contribution in [3.8, 4) is 17.1 Å². The van der Waals surface area contributed by atoms with E-state index in [1.165, 1.54) is 29.7 Å². The van der Waals surface area contributed by atoms with Crippen LogP contribution in [0.15, 0.2) is 40.8 Å².